The number of carbonyl (C=O) groups excluding carboxylic acids is 2. The summed E-state index contributed by atoms with van der Waals surface area (Å²) in [6, 6.07) is 0. The van der Waals surface area contributed by atoms with Gasteiger partial charge in [0.05, 0.1) is 13.2 Å². The van der Waals surface area contributed by atoms with Crippen LogP contribution in [0.25, 0.3) is 0 Å². The van der Waals surface area contributed by atoms with Crippen LogP contribution in [-0.4, -0.2) is 89.0 Å². The summed E-state index contributed by atoms with van der Waals surface area (Å²) in [5.41, 5.74) is 0. The second kappa shape index (κ2) is 33.7. The predicted octanol–water partition coefficient (Wildman–Crippen LogP) is 7.66. The van der Waals surface area contributed by atoms with E-state index in [4.69, 9.17) is 18.9 Å². The van der Waals surface area contributed by atoms with Crippen molar-refractivity contribution >= 4 is 11.9 Å². The maximum atomic E-state index is 12.7. The molecule has 0 aromatic rings. The molecule has 1 saturated heterocycles. The third-order valence-electron chi connectivity index (χ3n) is 8.59. The Hall–Kier alpha value is -2.86. The molecule has 0 aromatic carbocycles. The van der Waals surface area contributed by atoms with Gasteiger partial charge in [0.25, 0.3) is 0 Å². The van der Waals surface area contributed by atoms with Gasteiger partial charge in [0.2, 0.25) is 0 Å². The fourth-order valence-electron chi connectivity index (χ4n) is 5.45. The lowest BCUT2D eigenvalue weighted by molar-refractivity contribution is -0.305. The molecule has 4 N–H and O–H groups in total. The average molecular weight is 747 g/mol. The number of hydrogen-bond donors (Lipinski definition) is 4. The van der Waals surface area contributed by atoms with Crippen LogP contribution in [0.4, 0.5) is 0 Å². The molecule has 0 amide bonds. The number of hydrogen-bond acceptors (Lipinski definition) is 10. The van der Waals surface area contributed by atoms with Gasteiger partial charge in [-0.15, -0.1) is 0 Å². The lowest BCUT2D eigenvalue weighted by atomic mass is 9.99. The molecule has 0 radical (unpaired) electrons. The number of allylic oxidation sites excluding steroid dienone is 12. The van der Waals surface area contributed by atoms with Gasteiger partial charge in [0.1, 0.15) is 31.0 Å². The molecule has 6 atom stereocenters. The first-order valence-corrected chi connectivity index (χ1v) is 20.0. The molecular weight excluding hydrogens is 676 g/mol. The summed E-state index contributed by atoms with van der Waals surface area (Å²) in [6.07, 6.45) is 33.4. The lowest BCUT2D eigenvalue weighted by Gasteiger charge is -2.39. The highest BCUT2D eigenvalue weighted by Crippen LogP contribution is 2.22. The van der Waals surface area contributed by atoms with Crippen molar-refractivity contribution in [2.45, 2.75) is 166 Å². The Balaban J connectivity index is 2.42. The minimum atomic E-state index is -1.61. The van der Waals surface area contributed by atoms with E-state index in [1.54, 1.807) is 0 Å². The maximum absolute atomic E-state index is 12.7. The molecule has 10 nitrogen and oxygen atoms in total. The van der Waals surface area contributed by atoms with E-state index >= 15 is 0 Å². The summed E-state index contributed by atoms with van der Waals surface area (Å²) in [6.45, 7) is 3.11. The van der Waals surface area contributed by atoms with Crippen molar-refractivity contribution in [2.75, 3.05) is 19.8 Å². The van der Waals surface area contributed by atoms with Crippen LogP contribution in [0.1, 0.15) is 129 Å². The normalized spacial score (nSPS) is 21.7. The van der Waals surface area contributed by atoms with E-state index in [0.717, 1.165) is 89.9 Å². The van der Waals surface area contributed by atoms with Crippen molar-refractivity contribution in [3.05, 3.63) is 72.9 Å². The smallest absolute Gasteiger partial charge is 0.306 e. The highest BCUT2D eigenvalue weighted by atomic mass is 16.7. The molecular formula is C43H70O10. The Bertz CT molecular complexity index is 1090. The zero-order chi connectivity index (χ0) is 38.8. The van der Waals surface area contributed by atoms with Gasteiger partial charge >= 0.3 is 11.9 Å². The molecule has 0 saturated carbocycles. The molecule has 53 heavy (non-hydrogen) atoms. The monoisotopic (exact) mass is 746 g/mol. The van der Waals surface area contributed by atoms with Crippen molar-refractivity contribution in [3.8, 4) is 0 Å². The number of carbonyl (C=O) groups is 2. The van der Waals surface area contributed by atoms with Crippen LogP contribution in [0.2, 0.25) is 0 Å². The van der Waals surface area contributed by atoms with Crippen molar-refractivity contribution in [1.82, 2.24) is 0 Å². The van der Waals surface area contributed by atoms with Gasteiger partial charge in [0.15, 0.2) is 12.4 Å². The van der Waals surface area contributed by atoms with Crippen LogP contribution in [0.15, 0.2) is 72.9 Å². The van der Waals surface area contributed by atoms with Crippen LogP contribution in [-0.2, 0) is 28.5 Å². The van der Waals surface area contributed by atoms with Crippen LogP contribution in [0.5, 0.6) is 0 Å². The molecule has 0 aromatic heterocycles. The van der Waals surface area contributed by atoms with Crippen molar-refractivity contribution in [3.63, 3.8) is 0 Å². The number of ether oxygens (including phenoxy) is 4. The van der Waals surface area contributed by atoms with E-state index in [2.05, 4.69) is 86.8 Å². The van der Waals surface area contributed by atoms with Crippen molar-refractivity contribution in [1.29, 1.82) is 0 Å². The number of unbranched alkanes of at least 4 members (excludes halogenated alkanes) is 8. The Kier molecular flexibility index (Phi) is 30.6. The van der Waals surface area contributed by atoms with Crippen molar-refractivity contribution < 1.29 is 49.0 Å². The van der Waals surface area contributed by atoms with Crippen LogP contribution >= 0.6 is 0 Å². The van der Waals surface area contributed by atoms with Gasteiger partial charge in [-0.05, 0) is 77.0 Å². The molecule has 0 unspecified atom stereocenters. The Morgan fingerprint density at radius 2 is 1.06 bits per heavy atom. The van der Waals surface area contributed by atoms with Crippen molar-refractivity contribution in [2.24, 2.45) is 0 Å². The van der Waals surface area contributed by atoms with E-state index in [1.807, 2.05) is 0 Å². The number of aliphatic hydroxyl groups is 4. The minimum Gasteiger partial charge on any atom is -0.462 e. The second-order valence-corrected chi connectivity index (χ2v) is 13.3. The van der Waals surface area contributed by atoms with Gasteiger partial charge in [-0.25, -0.2) is 0 Å². The molecule has 0 spiro atoms. The summed E-state index contributed by atoms with van der Waals surface area (Å²) in [5, 5.41) is 39.9. The van der Waals surface area contributed by atoms with Gasteiger partial charge in [-0.2, -0.15) is 0 Å². The second-order valence-electron chi connectivity index (χ2n) is 13.3. The van der Waals surface area contributed by atoms with Gasteiger partial charge < -0.3 is 39.4 Å². The maximum Gasteiger partial charge on any atom is 0.306 e. The summed E-state index contributed by atoms with van der Waals surface area (Å²) >= 11 is 0. The first-order valence-electron chi connectivity index (χ1n) is 20.0. The summed E-state index contributed by atoms with van der Waals surface area (Å²) in [5.74, 6) is -0.871. The van der Waals surface area contributed by atoms with E-state index in [9.17, 15) is 30.0 Å². The largest absolute Gasteiger partial charge is 0.462 e. The quantitative estimate of drug-likeness (QED) is 0.0316. The minimum absolute atomic E-state index is 0.187. The fourth-order valence-corrected chi connectivity index (χ4v) is 5.45. The van der Waals surface area contributed by atoms with E-state index in [0.29, 0.717) is 12.8 Å². The highest BCUT2D eigenvalue weighted by Gasteiger charge is 2.44. The first kappa shape index (κ1) is 48.2. The van der Waals surface area contributed by atoms with Crippen LogP contribution in [0, 0.1) is 0 Å². The van der Waals surface area contributed by atoms with Gasteiger partial charge in [0, 0.05) is 12.8 Å². The third kappa shape index (κ3) is 25.7. The Labute approximate surface area is 319 Å². The number of rotatable bonds is 31. The summed E-state index contributed by atoms with van der Waals surface area (Å²) in [4.78, 5) is 25.2. The molecule has 1 heterocycles. The summed E-state index contributed by atoms with van der Waals surface area (Å²) < 4.78 is 22.0. The molecule has 1 rings (SSSR count). The highest BCUT2D eigenvalue weighted by molar-refractivity contribution is 5.70. The molecule has 0 aliphatic carbocycles. The molecule has 1 aliphatic heterocycles. The number of aliphatic hydroxyl groups excluding tert-OH is 4. The standard InChI is InChI=1S/C43H70O10/c1-3-5-7-9-11-13-15-17-18-20-21-23-25-27-29-31-38(45)50-34-36(35-51-43-42(49)41(48)40(47)37(33-44)53-43)52-39(46)32-30-28-26-24-22-19-16-14-12-10-8-6-4-2/h5-8,11-14,17-19,22,36-37,40-44,47-49H,3-4,9-10,15-16,20-21,23-35H2,1-2H3/b7-5-,8-6-,13-11-,14-12-,18-17-,22-19-/t36-,37-,40+,41+,42-,43-/m1/s1. The summed E-state index contributed by atoms with van der Waals surface area (Å²) in [7, 11) is 0. The third-order valence-corrected chi connectivity index (χ3v) is 8.59. The first-order chi connectivity index (χ1) is 25.8. The fraction of sp³-hybridized carbons (Fsp3) is 0.674. The lowest BCUT2D eigenvalue weighted by Crippen LogP contribution is -2.59. The molecule has 302 valence electrons. The number of esters is 2. The molecule has 10 heteroatoms. The van der Waals surface area contributed by atoms with Gasteiger partial charge in [-0.3, -0.25) is 9.59 Å². The predicted molar refractivity (Wildman–Crippen MR) is 210 cm³/mol. The van der Waals surface area contributed by atoms with E-state index in [-0.39, 0.29) is 26.1 Å². The molecule has 0 bridgehead atoms. The Morgan fingerprint density at radius 3 is 1.60 bits per heavy atom. The van der Waals surface area contributed by atoms with Gasteiger partial charge in [-0.1, -0.05) is 112 Å². The van der Waals surface area contributed by atoms with Crippen LogP contribution < -0.4 is 0 Å². The van der Waals surface area contributed by atoms with Crippen LogP contribution in [0.3, 0.4) is 0 Å². The Morgan fingerprint density at radius 1 is 0.585 bits per heavy atom. The average Bonchev–Trinajstić information content (AvgIpc) is 3.15. The van der Waals surface area contributed by atoms with E-state index in [1.165, 1.54) is 0 Å². The zero-order valence-corrected chi connectivity index (χ0v) is 32.5. The molecule has 1 fully saturated rings. The topological polar surface area (TPSA) is 152 Å². The zero-order valence-electron chi connectivity index (χ0n) is 32.5. The van der Waals surface area contributed by atoms with E-state index < -0.39 is 55.4 Å². The SMILES string of the molecule is CC/C=C\C/C=C\C/C=C\CCCCCCCC(=O)OC[C@H](CO[C@@H]1O[C@H](CO)[C@H](O)[C@H](O)[C@H]1O)OC(=O)CCCCC/C=C\C/C=C\C/C=C\CC. The molecule has 1 aliphatic rings.